The molecule has 2 amide bonds. The van der Waals surface area contributed by atoms with Crippen molar-refractivity contribution >= 4 is 11.8 Å². The van der Waals surface area contributed by atoms with E-state index in [0.29, 0.717) is 6.42 Å². The summed E-state index contributed by atoms with van der Waals surface area (Å²) in [6.07, 6.45) is 8.24. The highest BCUT2D eigenvalue weighted by molar-refractivity contribution is 5.82. The molecule has 0 aromatic heterocycles. The number of piperidine rings is 1. The van der Waals surface area contributed by atoms with Crippen LogP contribution in [0.1, 0.15) is 43.6 Å². The molecule has 2 fully saturated rings. The third-order valence-electron chi connectivity index (χ3n) is 5.97. The molecular weight excluding hydrogens is 300 g/mol. The Bertz CT molecular complexity index is 651. The smallest absolute Gasteiger partial charge is 0.226 e. The average molecular weight is 324 g/mol. The van der Waals surface area contributed by atoms with Crippen molar-refractivity contribution < 1.29 is 9.59 Å². The SMILES string of the molecule is O=C1C[C@@H](c2ccccc2)C2(CCN(C(=O)C3CC=CC3)CC2)N1. The van der Waals surface area contributed by atoms with E-state index in [0.717, 1.165) is 38.8 Å². The Morgan fingerprint density at radius 2 is 1.75 bits per heavy atom. The maximum absolute atomic E-state index is 12.6. The van der Waals surface area contributed by atoms with Crippen molar-refractivity contribution in [2.45, 2.75) is 43.6 Å². The summed E-state index contributed by atoms with van der Waals surface area (Å²) in [5.74, 6) is 0.790. The Morgan fingerprint density at radius 1 is 1.08 bits per heavy atom. The molecule has 0 radical (unpaired) electrons. The molecule has 2 heterocycles. The van der Waals surface area contributed by atoms with Crippen molar-refractivity contribution in [2.24, 2.45) is 5.92 Å². The van der Waals surface area contributed by atoms with Crippen LogP contribution in [0.4, 0.5) is 0 Å². The van der Waals surface area contributed by atoms with Crippen LogP contribution in [-0.4, -0.2) is 35.3 Å². The Labute approximate surface area is 142 Å². The molecule has 0 bridgehead atoms. The van der Waals surface area contributed by atoms with E-state index in [1.807, 2.05) is 23.1 Å². The van der Waals surface area contributed by atoms with Gasteiger partial charge in [0.25, 0.3) is 0 Å². The lowest BCUT2D eigenvalue weighted by atomic mass is 9.74. The molecule has 1 aromatic rings. The number of likely N-dealkylation sites (tertiary alicyclic amines) is 1. The van der Waals surface area contributed by atoms with Gasteiger partial charge in [-0.1, -0.05) is 42.5 Å². The molecule has 2 saturated heterocycles. The van der Waals surface area contributed by atoms with Gasteiger partial charge in [0.2, 0.25) is 11.8 Å². The number of carbonyl (C=O) groups excluding carboxylic acids is 2. The summed E-state index contributed by atoms with van der Waals surface area (Å²) < 4.78 is 0. The highest BCUT2D eigenvalue weighted by Gasteiger charge is 2.49. The van der Waals surface area contributed by atoms with Crippen molar-refractivity contribution in [1.29, 1.82) is 0 Å². The summed E-state index contributed by atoms with van der Waals surface area (Å²) >= 11 is 0. The standard InChI is InChI=1S/C20H24N2O2/c23-18-14-17(15-6-2-1-3-7-15)20(21-18)10-12-22(13-11-20)19(24)16-8-4-5-9-16/h1-7,16-17H,8-14H2,(H,21,23)/t17-/m0/s1. The Balaban J connectivity index is 1.48. The van der Waals surface area contributed by atoms with Gasteiger partial charge in [0.15, 0.2) is 0 Å². The minimum absolute atomic E-state index is 0.141. The van der Waals surface area contributed by atoms with Crippen LogP contribution < -0.4 is 5.32 Å². The summed E-state index contributed by atoms with van der Waals surface area (Å²) in [5, 5.41) is 3.26. The molecular formula is C20H24N2O2. The lowest BCUT2D eigenvalue weighted by molar-refractivity contribution is -0.137. The third-order valence-corrected chi connectivity index (χ3v) is 5.97. The molecule has 2 aliphatic heterocycles. The predicted octanol–water partition coefficient (Wildman–Crippen LogP) is 2.62. The van der Waals surface area contributed by atoms with Gasteiger partial charge >= 0.3 is 0 Å². The molecule has 4 rings (SSSR count). The zero-order valence-corrected chi connectivity index (χ0v) is 13.9. The van der Waals surface area contributed by atoms with Crippen LogP contribution in [0.5, 0.6) is 0 Å². The first-order valence-corrected chi connectivity index (χ1v) is 8.98. The largest absolute Gasteiger partial charge is 0.350 e. The minimum Gasteiger partial charge on any atom is -0.350 e. The number of amides is 2. The zero-order chi connectivity index (χ0) is 16.6. The number of nitrogens with one attached hydrogen (secondary N) is 1. The molecule has 1 aliphatic carbocycles. The Morgan fingerprint density at radius 3 is 2.42 bits per heavy atom. The van der Waals surface area contributed by atoms with E-state index in [9.17, 15) is 9.59 Å². The molecule has 0 saturated carbocycles. The lowest BCUT2D eigenvalue weighted by Crippen LogP contribution is -2.55. The van der Waals surface area contributed by atoms with Crippen LogP contribution in [0.15, 0.2) is 42.5 Å². The highest BCUT2D eigenvalue weighted by atomic mass is 16.2. The monoisotopic (exact) mass is 324 g/mol. The summed E-state index contributed by atoms with van der Waals surface area (Å²) in [6, 6.07) is 10.3. The van der Waals surface area contributed by atoms with Gasteiger partial charge in [-0.3, -0.25) is 9.59 Å². The molecule has 126 valence electrons. The average Bonchev–Trinajstić information content (AvgIpc) is 3.24. The molecule has 1 spiro atoms. The number of hydrogen-bond donors (Lipinski definition) is 1. The van der Waals surface area contributed by atoms with Gasteiger partial charge < -0.3 is 10.2 Å². The maximum Gasteiger partial charge on any atom is 0.226 e. The molecule has 4 heteroatoms. The first kappa shape index (κ1) is 15.4. The number of benzene rings is 1. The van der Waals surface area contributed by atoms with Gasteiger partial charge in [-0.15, -0.1) is 0 Å². The van der Waals surface area contributed by atoms with Crippen LogP contribution in [0.3, 0.4) is 0 Å². The molecule has 0 unspecified atom stereocenters. The topological polar surface area (TPSA) is 49.4 Å². The second kappa shape index (κ2) is 6.08. The van der Waals surface area contributed by atoms with Gasteiger partial charge in [-0.05, 0) is 31.2 Å². The number of carbonyl (C=O) groups is 2. The second-order valence-electron chi connectivity index (χ2n) is 7.34. The van der Waals surface area contributed by atoms with Gasteiger partial charge in [-0.2, -0.15) is 0 Å². The Kier molecular flexibility index (Phi) is 3.91. The fourth-order valence-electron chi connectivity index (χ4n) is 4.60. The number of nitrogens with zero attached hydrogens (tertiary/aromatic N) is 1. The summed E-state index contributed by atoms with van der Waals surface area (Å²) in [5.41, 5.74) is 1.05. The van der Waals surface area contributed by atoms with Crippen molar-refractivity contribution in [1.82, 2.24) is 10.2 Å². The second-order valence-corrected chi connectivity index (χ2v) is 7.34. The molecule has 1 aromatic carbocycles. The first-order valence-electron chi connectivity index (χ1n) is 8.98. The van der Waals surface area contributed by atoms with E-state index in [1.165, 1.54) is 5.56 Å². The molecule has 3 aliphatic rings. The highest BCUT2D eigenvalue weighted by Crippen LogP contribution is 2.43. The lowest BCUT2D eigenvalue weighted by Gasteiger charge is -2.43. The van der Waals surface area contributed by atoms with Crippen molar-refractivity contribution in [3.63, 3.8) is 0 Å². The van der Waals surface area contributed by atoms with Crippen LogP contribution in [0.25, 0.3) is 0 Å². The molecule has 24 heavy (non-hydrogen) atoms. The third kappa shape index (κ3) is 2.64. The van der Waals surface area contributed by atoms with E-state index >= 15 is 0 Å². The summed E-state index contributed by atoms with van der Waals surface area (Å²) in [7, 11) is 0. The number of allylic oxidation sites excluding steroid dienone is 2. The van der Waals surface area contributed by atoms with E-state index in [4.69, 9.17) is 0 Å². The fourth-order valence-corrected chi connectivity index (χ4v) is 4.60. The fraction of sp³-hybridized carbons (Fsp3) is 0.500. The van der Waals surface area contributed by atoms with E-state index in [-0.39, 0.29) is 29.2 Å². The van der Waals surface area contributed by atoms with E-state index in [1.54, 1.807) is 0 Å². The maximum atomic E-state index is 12.6. The van der Waals surface area contributed by atoms with Gasteiger partial charge in [0.05, 0.1) is 5.54 Å². The van der Waals surface area contributed by atoms with Gasteiger partial charge in [-0.25, -0.2) is 0 Å². The quantitative estimate of drug-likeness (QED) is 0.850. The number of hydrogen-bond acceptors (Lipinski definition) is 2. The van der Waals surface area contributed by atoms with E-state index < -0.39 is 0 Å². The molecule has 1 N–H and O–H groups in total. The number of rotatable bonds is 2. The van der Waals surface area contributed by atoms with Crippen LogP contribution in [0, 0.1) is 5.92 Å². The summed E-state index contributed by atoms with van der Waals surface area (Å²) in [6.45, 7) is 1.50. The van der Waals surface area contributed by atoms with Crippen LogP contribution >= 0.6 is 0 Å². The van der Waals surface area contributed by atoms with Crippen LogP contribution in [-0.2, 0) is 9.59 Å². The van der Waals surface area contributed by atoms with Gasteiger partial charge in [0.1, 0.15) is 0 Å². The summed E-state index contributed by atoms with van der Waals surface area (Å²) in [4.78, 5) is 26.8. The predicted molar refractivity (Wildman–Crippen MR) is 92.4 cm³/mol. The van der Waals surface area contributed by atoms with Crippen molar-refractivity contribution in [2.75, 3.05) is 13.1 Å². The normalized spacial score (nSPS) is 26.1. The van der Waals surface area contributed by atoms with Gasteiger partial charge in [0, 0.05) is 31.3 Å². The van der Waals surface area contributed by atoms with Crippen molar-refractivity contribution in [3.05, 3.63) is 48.0 Å². The molecule has 4 nitrogen and oxygen atoms in total. The van der Waals surface area contributed by atoms with E-state index in [2.05, 4.69) is 29.6 Å². The minimum atomic E-state index is -0.177. The van der Waals surface area contributed by atoms with Crippen molar-refractivity contribution in [3.8, 4) is 0 Å². The zero-order valence-electron chi connectivity index (χ0n) is 13.9. The first-order chi connectivity index (χ1) is 11.7. The Hall–Kier alpha value is -2.10. The molecule has 1 atom stereocenters. The van der Waals surface area contributed by atoms with Crippen LogP contribution in [0.2, 0.25) is 0 Å².